The zero-order valence-corrected chi connectivity index (χ0v) is 18.4. The van der Waals surface area contributed by atoms with E-state index in [1.54, 1.807) is 18.4 Å². The Balaban J connectivity index is 1.51. The molecule has 0 aliphatic rings. The normalized spacial score (nSPS) is 13.4. The van der Waals surface area contributed by atoms with Gasteiger partial charge in [-0.15, -0.1) is 16.4 Å². The average molecular weight is 434 g/mol. The van der Waals surface area contributed by atoms with Crippen molar-refractivity contribution < 1.29 is 4.74 Å². The van der Waals surface area contributed by atoms with Crippen LogP contribution in [0.5, 0.6) is 5.75 Å². The topological polar surface area (TPSA) is 56.5 Å². The minimum Gasteiger partial charge on any atom is -0.497 e. The van der Waals surface area contributed by atoms with Gasteiger partial charge in [0.1, 0.15) is 5.75 Å². The molecule has 1 unspecified atom stereocenters. The highest BCUT2D eigenvalue weighted by molar-refractivity contribution is 7.15. The number of thiophene rings is 1. The van der Waals surface area contributed by atoms with Crippen molar-refractivity contribution in [3.8, 4) is 5.75 Å². The molecule has 1 atom stereocenters. The van der Waals surface area contributed by atoms with E-state index in [4.69, 9.17) is 4.74 Å². The molecular formula is C23H19N3O2S2. The fourth-order valence-corrected chi connectivity index (χ4v) is 5.28. The van der Waals surface area contributed by atoms with Gasteiger partial charge in [0, 0.05) is 15.7 Å². The third-order valence-corrected chi connectivity index (χ3v) is 7.10. The van der Waals surface area contributed by atoms with E-state index in [-0.39, 0.29) is 11.5 Å². The molecule has 3 heterocycles. The Morgan fingerprint density at radius 1 is 1.07 bits per heavy atom. The van der Waals surface area contributed by atoms with E-state index in [9.17, 15) is 4.79 Å². The predicted octanol–water partition coefficient (Wildman–Crippen LogP) is 4.38. The number of thiazole rings is 1. The van der Waals surface area contributed by atoms with Gasteiger partial charge in [-0.1, -0.05) is 42.5 Å². The van der Waals surface area contributed by atoms with Crippen LogP contribution in [0.1, 0.15) is 34.0 Å². The lowest BCUT2D eigenvalue weighted by Crippen LogP contribution is -2.23. The van der Waals surface area contributed by atoms with Gasteiger partial charge in [0.15, 0.2) is 5.82 Å². The monoisotopic (exact) mass is 433 g/mol. The number of hydrogen-bond acceptors (Lipinski definition) is 6. The molecule has 7 heteroatoms. The van der Waals surface area contributed by atoms with Crippen molar-refractivity contribution in [1.29, 1.82) is 0 Å². The molecule has 0 saturated heterocycles. The van der Waals surface area contributed by atoms with Crippen LogP contribution in [0.15, 0.2) is 53.3 Å². The van der Waals surface area contributed by atoms with Crippen molar-refractivity contribution in [3.63, 3.8) is 0 Å². The van der Waals surface area contributed by atoms with Crippen molar-refractivity contribution in [2.45, 2.75) is 19.8 Å². The molecule has 5 rings (SSSR count). The van der Waals surface area contributed by atoms with Crippen LogP contribution in [0, 0.1) is 6.92 Å². The van der Waals surface area contributed by atoms with Gasteiger partial charge in [0.25, 0.3) is 5.56 Å². The predicted molar refractivity (Wildman–Crippen MR) is 123 cm³/mol. The second-order valence-corrected chi connectivity index (χ2v) is 9.55. The minimum absolute atomic E-state index is 0.0182. The van der Waals surface area contributed by atoms with Crippen LogP contribution in [0.4, 0.5) is 0 Å². The second kappa shape index (κ2) is 7.34. The average Bonchev–Trinajstić information content (AvgIpc) is 3.44. The number of hydrogen-bond donors (Lipinski definition) is 0. The summed E-state index contributed by atoms with van der Waals surface area (Å²) in [6, 6.07) is 16.4. The third kappa shape index (κ3) is 3.30. The first-order valence-electron chi connectivity index (χ1n) is 9.57. The highest BCUT2D eigenvalue weighted by Crippen LogP contribution is 2.27. The third-order valence-electron chi connectivity index (χ3n) is 5.19. The fraction of sp³-hybridized carbons (Fsp3) is 0.174. The van der Waals surface area contributed by atoms with Gasteiger partial charge in [-0.2, -0.15) is 4.52 Å². The number of rotatable bonds is 4. The number of aromatic nitrogens is 3. The second-order valence-electron chi connectivity index (χ2n) is 7.22. The van der Waals surface area contributed by atoms with Crippen LogP contribution >= 0.6 is 22.7 Å². The van der Waals surface area contributed by atoms with Crippen molar-refractivity contribution >= 4 is 44.5 Å². The number of benzene rings is 2. The van der Waals surface area contributed by atoms with Crippen LogP contribution in [0.3, 0.4) is 0 Å². The largest absolute Gasteiger partial charge is 0.497 e. The smallest absolute Gasteiger partial charge is 0.291 e. The van der Waals surface area contributed by atoms with Crippen molar-refractivity contribution in [2.75, 3.05) is 7.11 Å². The zero-order valence-electron chi connectivity index (χ0n) is 16.7. The van der Waals surface area contributed by atoms with Crippen LogP contribution < -0.4 is 14.8 Å². The maximum atomic E-state index is 12.8. The molecule has 0 N–H and O–H groups in total. The summed E-state index contributed by atoms with van der Waals surface area (Å²) in [7, 11) is 1.67. The van der Waals surface area contributed by atoms with Crippen molar-refractivity contribution in [2.24, 2.45) is 0 Å². The molecule has 0 aliphatic heterocycles. The van der Waals surface area contributed by atoms with Crippen LogP contribution in [-0.4, -0.2) is 21.7 Å². The van der Waals surface area contributed by atoms with Gasteiger partial charge >= 0.3 is 0 Å². The SMILES string of the molecule is COc1ccc2cc(C(C)c3nc4s/c(=C\c5ccc(C)s5)c(=O)n4n3)ccc2c1. The Kier molecular flexibility index (Phi) is 4.64. The Morgan fingerprint density at radius 3 is 2.60 bits per heavy atom. The summed E-state index contributed by atoms with van der Waals surface area (Å²) in [5.74, 6) is 1.48. The quantitative estimate of drug-likeness (QED) is 0.422. The van der Waals surface area contributed by atoms with Gasteiger partial charge in [-0.3, -0.25) is 4.79 Å². The molecule has 5 aromatic rings. The summed E-state index contributed by atoms with van der Waals surface area (Å²) in [4.78, 5) is 20.4. The first-order valence-corrected chi connectivity index (χ1v) is 11.2. The lowest BCUT2D eigenvalue weighted by molar-refractivity contribution is 0.415. The molecule has 0 fully saturated rings. The summed E-state index contributed by atoms with van der Waals surface area (Å²) in [5.41, 5.74) is 0.997. The van der Waals surface area contributed by atoms with E-state index in [0.29, 0.717) is 15.3 Å². The van der Waals surface area contributed by atoms with E-state index < -0.39 is 0 Å². The summed E-state index contributed by atoms with van der Waals surface area (Å²) < 4.78 is 7.38. The molecule has 0 aliphatic carbocycles. The van der Waals surface area contributed by atoms with Crippen molar-refractivity contribution in [1.82, 2.24) is 14.6 Å². The van der Waals surface area contributed by atoms with E-state index in [1.165, 1.54) is 20.7 Å². The number of methoxy groups -OCH3 is 1. The summed E-state index contributed by atoms with van der Waals surface area (Å²) in [5, 5.41) is 6.78. The molecular weight excluding hydrogens is 414 g/mol. The Hall–Kier alpha value is -3.03. The Labute approximate surface area is 180 Å². The van der Waals surface area contributed by atoms with Gasteiger partial charge in [-0.05, 0) is 53.6 Å². The lowest BCUT2D eigenvalue weighted by atomic mass is 9.97. The van der Waals surface area contributed by atoms with Crippen molar-refractivity contribution in [3.05, 3.63) is 84.6 Å². The summed E-state index contributed by atoms with van der Waals surface area (Å²) >= 11 is 3.05. The molecule has 2 aromatic carbocycles. The Bertz CT molecular complexity index is 1500. The molecule has 5 nitrogen and oxygen atoms in total. The van der Waals surface area contributed by atoms with Gasteiger partial charge < -0.3 is 4.74 Å². The molecule has 3 aromatic heterocycles. The van der Waals surface area contributed by atoms with Gasteiger partial charge in [0.2, 0.25) is 4.96 Å². The van der Waals surface area contributed by atoms with E-state index in [0.717, 1.165) is 27.0 Å². The maximum Gasteiger partial charge on any atom is 0.291 e. The van der Waals surface area contributed by atoms with Crippen LogP contribution in [-0.2, 0) is 0 Å². The molecule has 0 amide bonds. The highest BCUT2D eigenvalue weighted by atomic mass is 32.1. The standard InChI is InChI=1S/C23H19N3O2S2/c1-13-4-9-19(29-13)12-20-22(27)26-23(30-20)24-21(25-26)14(2)15-5-6-17-11-18(28-3)8-7-16(17)10-15/h4-12,14H,1-3H3/b20-12-. The molecule has 0 bridgehead atoms. The first-order chi connectivity index (χ1) is 14.5. The number of nitrogens with zero attached hydrogens (tertiary/aromatic N) is 3. The van der Waals surface area contributed by atoms with E-state index in [2.05, 4.69) is 48.2 Å². The zero-order chi connectivity index (χ0) is 20.8. The lowest BCUT2D eigenvalue weighted by Gasteiger charge is -2.10. The van der Waals surface area contributed by atoms with Gasteiger partial charge in [0.05, 0.1) is 11.6 Å². The first kappa shape index (κ1) is 19.0. The highest BCUT2D eigenvalue weighted by Gasteiger charge is 2.17. The molecule has 0 saturated carbocycles. The summed E-state index contributed by atoms with van der Waals surface area (Å²) in [6.45, 7) is 4.12. The minimum atomic E-state index is -0.113. The molecule has 30 heavy (non-hydrogen) atoms. The van der Waals surface area contributed by atoms with E-state index >= 15 is 0 Å². The number of ether oxygens (including phenoxy) is 1. The summed E-state index contributed by atoms with van der Waals surface area (Å²) in [6.07, 6.45) is 1.92. The Morgan fingerprint density at radius 2 is 1.87 bits per heavy atom. The van der Waals surface area contributed by atoms with Crippen LogP contribution in [0.25, 0.3) is 21.8 Å². The number of fused-ring (bicyclic) bond motifs is 2. The molecule has 0 spiro atoms. The maximum absolute atomic E-state index is 12.8. The molecule has 0 radical (unpaired) electrons. The molecule has 150 valence electrons. The van der Waals surface area contributed by atoms with E-state index in [1.807, 2.05) is 30.3 Å². The van der Waals surface area contributed by atoms with Gasteiger partial charge in [-0.25, -0.2) is 4.98 Å². The number of aryl methyl sites for hydroxylation is 1. The van der Waals surface area contributed by atoms with Crippen LogP contribution in [0.2, 0.25) is 0 Å². The fourth-order valence-electron chi connectivity index (χ4n) is 3.48.